The number of hydrogen-bond donors (Lipinski definition) is 2. The SMILES string of the molecule is CCn1cc(-c2cc(C(F)(F)F)nc3sc(C(N)=O)c(NC(=O)Cn4nc([N+](=O)[O-])c(Cl)c4C)c23)c(C)n1. The monoisotopic (exact) mass is 570 g/mol. The molecule has 38 heavy (non-hydrogen) atoms. The number of amides is 2. The molecule has 0 unspecified atom stereocenters. The smallest absolute Gasteiger partial charge is 0.365 e. The summed E-state index contributed by atoms with van der Waals surface area (Å²) in [4.78, 5) is 38.8. The Hall–Kier alpha value is -4.05. The van der Waals surface area contributed by atoms with Gasteiger partial charge in [0.1, 0.15) is 21.9 Å². The van der Waals surface area contributed by atoms with Gasteiger partial charge in [-0.3, -0.25) is 14.3 Å². The molecule has 0 bridgehead atoms. The third-order valence-corrected chi connectivity index (χ3v) is 7.12. The summed E-state index contributed by atoms with van der Waals surface area (Å²) in [5.74, 6) is -2.45. The molecule has 0 aliphatic rings. The van der Waals surface area contributed by atoms with E-state index < -0.39 is 41.0 Å². The maximum absolute atomic E-state index is 13.7. The van der Waals surface area contributed by atoms with Crippen LogP contribution < -0.4 is 11.1 Å². The second-order valence-corrected chi connectivity index (χ2v) is 9.45. The Labute approximate surface area is 220 Å². The van der Waals surface area contributed by atoms with Gasteiger partial charge in [-0.25, -0.2) is 4.98 Å². The van der Waals surface area contributed by atoms with Gasteiger partial charge in [-0.1, -0.05) is 11.6 Å². The first kappa shape index (κ1) is 27.0. The maximum atomic E-state index is 13.7. The molecule has 0 spiro atoms. The molecule has 0 saturated carbocycles. The lowest BCUT2D eigenvalue weighted by molar-refractivity contribution is -0.389. The lowest BCUT2D eigenvalue weighted by Crippen LogP contribution is -2.22. The fourth-order valence-electron chi connectivity index (χ4n) is 3.79. The number of anilines is 1. The van der Waals surface area contributed by atoms with Crippen LogP contribution in [0.1, 0.15) is 33.7 Å². The highest BCUT2D eigenvalue weighted by molar-refractivity contribution is 7.21. The average Bonchev–Trinajstić information content (AvgIpc) is 3.47. The number of thiophene rings is 1. The number of aryl methyl sites for hydroxylation is 2. The Morgan fingerprint density at radius 1 is 1.26 bits per heavy atom. The minimum Gasteiger partial charge on any atom is -0.365 e. The van der Waals surface area contributed by atoms with Crippen LogP contribution in [0.15, 0.2) is 12.3 Å². The molecule has 200 valence electrons. The quantitative estimate of drug-likeness (QED) is 0.247. The number of primary amides is 1. The van der Waals surface area contributed by atoms with Crippen molar-refractivity contribution < 1.29 is 27.7 Å². The topological polar surface area (TPSA) is 164 Å². The van der Waals surface area contributed by atoms with Gasteiger partial charge in [0.05, 0.1) is 22.2 Å². The highest BCUT2D eigenvalue weighted by atomic mass is 35.5. The Kier molecular flexibility index (Phi) is 6.88. The lowest BCUT2D eigenvalue weighted by Gasteiger charge is -2.12. The molecule has 3 N–H and O–H groups in total. The van der Waals surface area contributed by atoms with Gasteiger partial charge in [0.25, 0.3) is 5.91 Å². The van der Waals surface area contributed by atoms with E-state index in [9.17, 15) is 32.9 Å². The normalized spacial score (nSPS) is 11.8. The number of halogens is 4. The molecule has 0 aliphatic carbocycles. The Morgan fingerprint density at radius 2 is 1.95 bits per heavy atom. The summed E-state index contributed by atoms with van der Waals surface area (Å²) in [5, 5.41) is 21.4. The van der Waals surface area contributed by atoms with Gasteiger partial charge < -0.3 is 21.2 Å². The fourth-order valence-corrected chi connectivity index (χ4v) is 5.00. The molecule has 0 atom stereocenters. The zero-order valence-electron chi connectivity index (χ0n) is 19.9. The standard InChI is InChI=1S/C21H18ClF3N8O4S/c1-4-31-6-11(8(2)29-31)10-5-12(21(23,24)25)27-20-14(10)16(17(38-20)18(26)35)28-13(34)7-32-9(3)15(22)19(30-32)33(36)37/h5-6H,4,7H2,1-3H3,(H2,26,35)(H,28,34). The Balaban J connectivity index is 1.89. The molecule has 0 saturated heterocycles. The van der Waals surface area contributed by atoms with Gasteiger partial charge >= 0.3 is 12.0 Å². The van der Waals surface area contributed by atoms with Gasteiger partial charge in [0.2, 0.25) is 5.91 Å². The van der Waals surface area contributed by atoms with Gasteiger partial charge in [-0.2, -0.15) is 23.0 Å². The second kappa shape index (κ2) is 9.68. The highest BCUT2D eigenvalue weighted by Crippen LogP contribution is 2.44. The van der Waals surface area contributed by atoms with Crippen molar-refractivity contribution in [3.63, 3.8) is 0 Å². The maximum Gasteiger partial charge on any atom is 0.433 e. The van der Waals surface area contributed by atoms with Crippen molar-refractivity contribution in [1.82, 2.24) is 24.5 Å². The summed E-state index contributed by atoms with van der Waals surface area (Å²) in [6.45, 7) is 4.72. The molecule has 2 amide bonds. The third-order valence-electron chi connectivity index (χ3n) is 5.58. The van der Waals surface area contributed by atoms with E-state index in [0.29, 0.717) is 29.1 Å². The van der Waals surface area contributed by atoms with Crippen LogP contribution in [-0.4, -0.2) is 41.3 Å². The molecule has 4 aromatic rings. The molecule has 0 aliphatic heterocycles. The summed E-state index contributed by atoms with van der Waals surface area (Å²) in [7, 11) is 0. The zero-order chi connectivity index (χ0) is 28.1. The molecule has 4 aromatic heterocycles. The average molecular weight is 571 g/mol. The van der Waals surface area contributed by atoms with E-state index in [1.807, 2.05) is 0 Å². The van der Waals surface area contributed by atoms with Crippen LogP contribution >= 0.6 is 22.9 Å². The number of nitro groups is 1. The van der Waals surface area contributed by atoms with Crippen molar-refractivity contribution >= 4 is 56.5 Å². The van der Waals surface area contributed by atoms with E-state index in [0.717, 1.165) is 10.7 Å². The number of hydrogen-bond acceptors (Lipinski definition) is 8. The predicted octanol–water partition coefficient (Wildman–Crippen LogP) is 4.31. The molecule has 0 aromatic carbocycles. The van der Waals surface area contributed by atoms with Gasteiger partial charge in [0, 0.05) is 23.7 Å². The number of nitrogens with two attached hydrogens (primary N) is 1. The number of alkyl halides is 3. The van der Waals surface area contributed by atoms with Crippen LogP contribution in [0.4, 0.5) is 24.7 Å². The Morgan fingerprint density at radius 3 is 2.47 bits per heavy atom. The molecule has 0 radical (unpaired) electrons. The van der Waals surface area contributed by atoms with Crippen molar-refractivity contribution in [2.24, 2.45) is 5.73 Å². The van der Waals surface area contributed by atoms with Crippen LogP contribution in [0.2, 0.25) is 5.02 Å². The molecular formula is C21H18ClF3N8O4S. The minimum absolute atomic E-state index is 0.0347. The number of carbonyl (C=O) groups excluding carboxylic acids is 2. The van der Waals surface area contributed by atoms with Crippen molar-refractivity contribution in [3.8, 4) is 11.1 Å². The molecule has 17 heteroatoms. The van der Waals surface area contributed by atoms with E-state index in [1.54, 1.807) is 20.0 Å². The molecular weight excluding hydrogens is 553 g/mol. The predicted molar refractivity (Wildman–Crippen MR) is 132 cm³/mol. The number of aromatic nitrogens is 5. The van der Waals surface area contributed by atoms with Gasteiger partial charge in [-0.15, -0.1) is 11.3 Å². The lowest BCUT2D eigenvalue weighted by atomic mass is 10.0. The second-order valence-electron chi connectivity index (χ2n) is 8.07. The first-order valence-electron chi connectivity index (χ1n) is 10.8. The first-order valence-corrected chi connectivity index (χ1v) is 12.0. The highest BCUT2D eigenvalue weighted by Gasteiger charge is 2.35. The van der Waals surface area contributed by atoms with Crippen molar-refractivity contribution in [2.75, 3.05) is 5.32 Å². The zero-order valence-corrected chi connectivity index (χ0v) is 21.5. The molecule has 4 rings (SSSR count). The van der Waals surface area contributed by atoms with E-state index in [-0.39, 0.29) is 37.1 Å². The van der Waals surface area contributed by atoms with E-state index in [1.165, 1.54) is 11.6 Å². The van der Waals surface area contributed by atoms with E-state index in [4.69, 9.17) is 17.3 Å². The van der Waals surface area contributed by atoms with Crippen molar-refractivity contribution in [2.45, 2.75) is 40.0 Å². The van der Waals surface area contributed by atoms with Crippen molar-refractivity contribution in [1.29, 1.82) is 0 Å². The van der Waals surface area contributed by atoms with Gasteiger partial charge in [0.15, 0.2) is 5.02 Å². The number of nitrogens with one attached hydrogen (secondary N) is 1. The van der Waals surface area contributed by atoms with E-state index >= 15 is 0 Å². The summed E-state index contributed by atoms with van der Waals surface area (Å²) in [6, 6.07) is 0.820. The van der Waals surface area contributed by atoms with Crippen LogP contribution in [-0.2, 0) is 24.1 Å². The van der Waals surface area contributed by atoms with Gasteiger partial charge in [-0.05, 0) is 37.3 Å². The largest absolute Gasteiger partial charge is 0.433 e. The third kappa shape index (κ3) is 4.79. The minimum atomic E-state index is -4.80. The number of fused-ring (bicyclic) bond motifs is 1. The summed E-state index contributed by atoms with van der Waals surface area (Å²) < 4.78 is 43.7. The molecule has 0 fully saturated rings. The number of pyridine rings is 1. The number of nitrogens with zero attached hydrogens (tertiary/aromatic N) is 6. The Bertz CT molecular complexity index is 1620. The first-order chi connectivity index (χ1) is 17.7. The summed E-state index contributed by atoms with van der Waals surface area (Å²) >= 11 is 6.52. The molecule has 12 nitrogen and oxygen atoms in total. The van der Waals surface area contributed by atoms with Crippen LogP contribution in [0.3, 0.4) is 0 Å². The number of rotatable bonds is 7. The fraction of sp³-hybridized carbons (Fsp3) is 0.286. The van der Waals surface area contributed by atoms with Crippen LogP contribution in [0, 0.1) is 24.0 Å². The van der Waals surface area contributed by atoms with E-state index in [2.05, 4.69) is 20.5 Å². The summed E-state index contributed by atoms with van der Waals surface area (Å²) in [6.07, 6.45) is -3.25. The molecule has 4 heterocycles. The van der Waals surface area contributed by atoms with Crippen molar-refractivity contribution in [3.05, 3.63) is 49.4 Å². The van der Waals surface area contributed by atoms with Crippen LogP contribution in [0.5, 0.6) is 0 Å². The van der Waals surface area contributed by atoms with Crippen LogP contribution in [0.25, 0.3) is 21.3 Å². The summed E-state index contributed by atoms with van der Waals surface area (Å²) in [5.41, 5.74) is 5.07. The number of carbonyl (C=O) groups is 2.